The van der Waals surface area contributed by atoms with Crippen LogP contribution in [-0.2, 0) is 0 Å². The van der Waals surface area contributed by atoms with Crippen LogP contribution in [0.3, 0.4) is 0 Å². The van der Waals surface area contributed by atoms with Crippen LogP contribution < -0.4 is 4.74 Å². The molecule has 4 rings (SSSR count). The van der Waals surface area contributed by atoms with Crippen LogP contribution in [-0.4, -0.2) is 41.1 Å². The number of nitrogens with zero attached hydrogens (tertiary/aromatic N) is 3. The number of ether oxygens (including phenoxy) is 1. The monoisotopic (exact) mass is 391 g/mol. The number of hydrogen-bond donors (Lipinski definition) is 0. The van der Waals surface area contributed by atoms with E-state index in [0.29, 0.717) is 24.0 Å². The molecule has 1 aliphatic heterocycles. The Kier molecular flexibility index (Phi) is 5.34. The van der Waals surface area contributed by atoms with Gasteiger partial charge in [-0.05, 0) is 50.5 Å². The van der Waals surface area contributed by atoms with Crippen LogP contribution in [0.4, 0.5) is 0 Å². The first-order valence-electron chi connectivity index (χ1n) is 9.90. The molecule has 150 valence electrons. The van der Waals surface area contributed by atoms with Gasteiger partial charge in [0.25, 0.3) is 11.8 Å². The highest BCUT2D eigenvalue weighted by atomic mass is 16.5. The Morgan fingerprint density at radius 3 is 2.86 bits per heavy atom. The Bertz CT molecular complexity index is 1030. The largest absolute Gasteiger partial charge is 0.496 e. The lowest BCUT2D eigenvalue weighted by molar-refractivity contribution is 0.0702. The van der Waals surface area contributed by atoms with Gasteiger partial charge in [-0.1, -0.05) is 35.0 Å². The molecule has 0 bridgehead atoms. The van der Waals surface area contributed by atoms with E-state index in [2.05, 4.69) is 10.1 Å². The van der Waals surface area contributed by atoms with Crippen molar-refractivity contribution < 1.29 is 14.1 Å². The third kappa shape index (κ3) is 3.88. The van der Waals surface area contributed by atoms with Crippen molar-refractivity contribution in [1.82, 2.24) is 15.0 Å². The summed E-state index contributed by atoms with van der Waals surface area (Å²) in [5.41, 5.74) is 3.63. The molecule has 6 nitrogen and oxygen atoms in total. The minimum absolute atomic E-state index is 0.0602. The quantitative estimate of drug-likeness (QED) is 0.660. The summed E-state index contributed by atoms with van der Waals surface area (Å²) in [6.45, 7) is 5.33. The van der Waals surface area contributed by atoms with Crippen LogP contribution in [0.5, 0.6) is 5.75 Å². The van der Waals surface area contributed by atoms with E-state index in [1.165, 1.54) is 0 Å². The third-order valence-electron chi connectivity index (χ3n) is 5.48. The Morgan fingerprint density at radius 1 is 1.21 bits per heavy atom. The van der Waals surface area contributed by atoms with Gasteiger partial charge in [0.1, 0.15) is 5.75 Å². The average Bonchev–Trinajstić information content (AvgIpc) is 3.25. The van der Waals surface area contributed by atoms with E-state index in [1.54, 1.807) is 7.11 Å². The average molecular weight is 391 g/mol. The minimum Gasteiger partial charge on any atom is -0.496 e. The van der Waals surface area contributed by atoms with Crippen LogP contribution in [0, 0.1) is 13.8 Å². The van der Waals surface area contributed by atoms with Crippen molar-refractivity contribution in [2.24, 2.45) is 0 Å². The summed E-state index contributed by atoms with van der Waals surface area (Å²) in [5.74, 6) is 1.91. The number of aryl methyl sites for hydroxylation is 2. The lowest BCUT2D eigenvalue weighted by Gasteiger charge is -2.31. The Morgan fingerprint density at radius 2 is 2.03 bits per heavy atom. The molecule has 1 amide bonds. The number of benzene rings is 2. The molecule has 1 saturated heterocycles. The number of para-hydroxylation sites is 1. The number of amides is 1. The van der Waals surface area contributed by atoms with Crippen LogP contribution in [0.25, 0.3) is 11.5 Å². The summed E-state index contributed by atoms with van der Waals surface area (Å²) < 4.78 is 10.9. The zero-order valence-corrected chi connectivity index (χ0v) is 17.0. The second kappa shape index (κ2) is 8.07. The van der Waals surface area contributed by atoms with Gasteiger partial charge in [-0.2, -0.15) is 4.98 Å². The molecule has 1 aromatic heterocycles. The molecule has 6 heteroatoms. The summed E-state index contributed by atoms with van der Waals surface area (Å²) in [7, 11) is 1.62. The number of hydrogen-bond acceptors (Lipinski definition) is 5. The SMILES string of the molecule is COc1ccccc1-c1nc([C@H]2CCCN(C(=O)c3cc(C)ccc3C)C2)no1. The number of likely N-dealkylation sites (tertiary alicyclic amines) is 1. The van der Waals surface area contributed by atoms with Gasteiger partial charge in [-0.15, -0.1) is 0 Å². The molecular weight excluding hydrogens is 366 g/mol. The predicted molar refractivity (Wildman–Crippen MR) is 110 cm³/mol. The van der Waals surface area contributed by atoms with E-state index in [9.17, 15) is 4.79 Å². The van der Waals surface area contributed by atoms with E-state index in [4.69, 9.17) is 9.26 Å². The molecule has 3 aromatic rings. The first-order valence-corrected chi connectivity index (χ1v) is 9.90. The van der Waals surface area contributed by atoms with Crippen molar-refractivity contribution in [2.75, 3.05) is 20.2 Å². The normalized spacial score (nSPS) is 16.7. The molecule has 29 heavy (non-hydrogen) atoms. The van der Waals surface area contributed by atoms with Gasteiger partial charge >= 0.3 is 0 Å². The van der Waals surface area contributed by atoms with Crippen LogP contribution in [0.15, 0.2) is 47.0 Å². The van der Waals surface area contributed by atoms with E-state index in [1.807, 2.05) is 61.2 Å². The van der Waals surface area contributed by atoms with Crippen molar-refractivity contribution in [2.45, 2.75) is 32.6 Å². The number of piperidine rings is 1. The molecule has 1 aliphatic rings. The Labute approximate surface area is 170 Å². The Hall–Kier alpha value is -3.15. The lowest BCUT2D eigenvalue weighted by atomic mass is 9.96. The number of carbonyl (C=O) groups excluding carboxylic acids is 1. The summed E-state index contributed by atoms with van der Waals surface area (Å²) in [6.07, 6.45) is 1.85. The zero-order valence-electron chi connectivity index (χ0n) is 17.0. The second-order valence-electron chi connectivity index (χ2n) is 7.57. The van der Waals surface area contributed by atoms with E-state index < -0.39 is 0 Å². The van der Waals surface area contributed by atoms with Gasteiger partial charge in [-0.3, -0.25) is 4.79 Å². The molecule has 2 heterocycles. The van der Waals surface area contributed by atoms with Gasteiger partial charge in [0.05, 0.1) is 12.7 Å². The molecule has 0 saturated carbocycles. The molecule has 1 atom stereocenters. The summed E-state index contributed by atoms with van der Waals surface area (Å²) >= 11 is 0. The molecule has 0 aliphatic carbocycles. The third-order valence-corrected chi connectivity index (χ3v) is 5.48. The van der Waals surface area contributed by atoms with Gasteiger partial charge in [0, 0.05) is 24.6 Å². The fourth-order valence-electron chi connectivity index (χ4n) is 3.84. The molecular formula is C23H25N3O3. The van der Waals surface area contributed by atoms with Gasteiger partial charge in [-0.25, -0.2) is 0 Å². The molecule has 0 radical (unpaired) electrons. The first kappa shape index (κ1) is 19.2. The van der Waals surface area contributed by atoms with Gasteiger partial charge in [0.15, 0.2) is 5.82 Å². The number of aromatic nitrogens is 2. The van der Waals surface area contributed by atoms with E-state index in [0.717, 1.165) is 41.6 Å². The lowest BCUT2D eigenvalue weighted by Crippen LogP contribution is -2.39. The summed E-state index contributed by atoms with van der Waals surface area (Å²) in [6, 6.07) is 13.6. The van der Waals surface area contributed by atoms with E-state index in [-0.39, 0.29) is 11.8 Å². The van der Waals surface area contributed by atoms with Crippen molar-refractivity contribution in [1.29, 1.82) is 0 Å². The molecule has 0 N–H and O–H groups in total. The maximum Gasteiger partial charge on any atom is 0.261 e. The van der Waals surface area contributed by atoms with Crippen molar-refractivity contribution in [3.05, 3.63) is 65.0 Å². The number of rotatable bonds is 4. The fraction of sp³-hybridized carbons (Fsp3) is 0.348. The zero-order chi connectivity index (χ0) is 20.4. The first-order chi connectivity index (χ1) is 14.1. The topological polar surface area (TPSA) is 68.5 Å². The molecule has 2 aromatic carbocycles. The standard InChI is InChI=1S/C23H25N3O3/c1-15-10-11-16(2)19(13-15)23(27)26-12-6-7-17(14-26)21-24-22(29-25-21)18-8-4-5-9-20(18)28-3/h4-5,8-11,13,17H,6-7,12,14H2,1-3H3/t17-/m0/s1. The fourth-order valence-corrected chi connectivity index (χ4v) is 3.84. The summed E-state index contributed by atoms with van der Waals surface area (Å²) in [5, 5.41) is 4.21. The van der Waals surface area contributed by atoms with Gasteiger partial charge in [0.2, 0.25) is 0 Å². The highest BCUT2D eigenvalue weighted by molar-refractivity contribution is 5.96. The summed E-state index contributed by atoms with van der Waals surface area (Å²) in [4.78, 5) is 19.6. The smallest absolute Gasteiger partial charge is 0.261 e. The second-order valence-corrected chi connectivity index (χ2v) is 7.57. The minimum atomic E-state index is 0.0602. The van der Waals surface area contributed by atoms with Crippen molar-refractivity contribution in [3.63, 3.8) is 0 Å². The maximum absolute atomic E-state index is 13.1. The van der Waals surface area contributed by atoms with Crippen molar-refractivity contribution in [3.8, 4) is 17.2 Å². The van der Waals surface area contributed by atoms with Crippen LogP contribution >= 0.6 is 0 Å². The van der Waals surface area contributed by atoms with E-state index >= 15 is 0 Å². The van der Waals surface area contributed by atoms with Crippen molar-refractivity contribution >= 4 is 5.91 Å². The Balaban J connectivity index is 1.54. The molecule has 0 unspecified atom stereocenters. The van der Waals surface area contributed by atoms with Crippen LogP contribution in [0.1, 0.15) is 46.1 Å². The number of methoxy groups -OCH3 is 1. The molecule has 1 fully saturated rings. The van der Waals surface area contributed by atoms with Gasteiger partial charge < -0.3 is 14.2 Å². The predicted octanol–water partition coefficient (Wildman–Crippen LogP) is 4.38. The number of carbonyl (C=O) groups is 1. The molecule has 0 spiro atoms. The maximum atomic E-state index is 13.1. The van der Waals surface area contributed by atoms with Crippen LogP contribution in [0.2, 0.25) is 0 Å². The highest BCUT2D eigenvalue weighted by Crippen LogP contribution is 2.31. The highest BCUT2D eigenvalue weighted by Gasteiger charge is 2.29.